The Morgan fingerprint density at radius 2 is 1.41 bits per heavy atom. The van der Waals surface area contributed by atoms with Crippen molar-refractivity contribution in [1.29, 1.82) is 0 Å². The van der Waals surface area contributed by atoms with Crippen molar-refractivity contribution in [2.75, 3.05) is 7.11 Å². The molecular weight excluding hydrogens is 420 g/mol. The monoisotopic (exact) mass is 439 g/mol. The first-order chi connectivity index (χ1) is 15.4. The normalized spacial score (nSPS) is 11.3. The first-order valence-corrected chi connectivity index (χ1v) is 9.58. The Morgan fingerprint density at radius 3 is 1.97 bits per heavy atom. The van der Waals surface area contributed by atoms with Gasteiger partial charge in [0, 0.05) is 6.42 Å². The maximum absolute atomic E-state index is 13.9. The van der Waals surface area contributed by atoms with E-state index in [4.69, 9.17) is 9.47 Å². The third-order valence-corrected chi connectivity index (χ3v) is 4.58. The minimum absolute atomic E-state index is 0.0500. The van der Waals surface area contributed by atoms with Crippen LogP contribution in [0.2, 0.25) is 0 Å². The van der Waals surface area contributed by atoms with Gasteiger partial charge in [-0.2, -0.15) is 0 Å². The predicted octanol–water partition coefficient (Wildman–Crippen LogP) is 3.70. The zero-order valence-electron chi connectivity index (χ0n) is 17.0. The van der Waals surface area contributed by atoms with Crippen LogP contribution in [0.3, 0.4) is 0 Å². The molecule has 0 aliphatic heterocycles. The number of hydrogen-bond acceptors (Lipinski definition) is 5. The Morgan fingerprint density at radius 1 is 0.844 bits per heavy atom. The molecule has 3 aromatic carbocycles. The average molecular weight is 439 g/mol. The maximum Gasteiger partial charge on any atom is 0.346 e. The molecule has 0 spiro atoms. The molecule has 6 nitrogen and oxygen atoms in total. The molecular formula is C24H19F2NO5. The molecule has 3 rings (SSSR count). The summed E-state index contributed by atoms with van der Waals surface area (Å²) >= 11 is 0. The summed E-state index contributed by atoms with van der Waals surface area (Å²) in [6.45, 7) is 0. The van der Waals surface area contributed by atoms with E-state index in [9.17, 15) is 23.2 Å². The zero-order chi connectivity index (χ0) is 23.1. The van der Waals surface area contributed by atoms with Gasteiger partial charge in [0.05, 0.1) is 18.2 Å². The number of carbonyl (C=O) groups is 3. The number of halogens is 2. The molecule has 0 aliphatic rings. The molecule has 1 amide bonds. The van der Waals surface area contributed by atoms with E-state index in [-0.39, 0.29) is 23.3 Å². The lowest BCUT2D eigenvalue weighted by molar-refractivity contribution is -0.142. The number of carbonyl (C=O) groups excluding carboxylic acids is 3. The molecule has 0 bridgehead atoms. The third kappa shape index (κ3) is 5.54. The summed E-state index contributed by atoms with van der Waals surface area (Å²) < 4.78 is 37.5. The quantitative estimate of drug-likeness (QED) is 0.449. The van der Waals surface area contributed by atoms with Crippen molar-refractivity contribution in [2.24, 2.45) is 0 Å². The Balaban J connectivity index is 1.69. The first-order valence-electron chi connectivity index (χ1n) is 9.58. The van der Waals surface area contributed by atoms with E-state index in [2.05, 4.69) is 5.32 Å². The van der Waals surface area contributed by atoms with Crippen molar-refractivity contribution in [3.05, 3.63) is 101 Å². The number of methoxy groups -OCH3 is 1. The van der Waals surface area contributed by atoms with E-state index in [0.717, 1.165) is 12.1 Å². The highest BCUT2D eigenvalue weighted by molar-refractivity contribution is 5.97. The molecule has 0 radical (unpaired) electrons. The van der Waals surface area contributed by atoms with E-state index in [1.807, 2.05) is 0 Å². The summed E-state index contributed by atoms with van der Waals surface area (Å²) in [6, 6.07) is 15.9. The van der Waals surface area contributed by atoms with Crippen LogP contribution in [0.1, 0.15) is 26.3 Å². The number of rotatable bonds is 7. The summed E-state index contributed by atoms with van der Waals surface area (Å²) in [5.41, 5.74) is 0.218. The topological polar surface area (TPSA) is 81.7 Å². The van der Waals surface area contributed by atoms with Crippen LogP contribution in [0.25, 0.3) is 0 Å². The molecule has 1 N–H and O–H groups in total. The zero-order valence-corrected chi connectivity index (χ0v) is 17.0. The van der Waals surface area contributed by atoms with Crippen LogP contribution in [0, 0.1) is 11.6 Å². The Bertz CT molecular complexity index is 1130. The Labute approximate surface area is 182 Å². The van der Waals surface area contributed by atoms with Gasteiger partial charge in [0.1, 0.15) is 23.4 Å². The van der Waals surface area contributed by atoms with Crippen LogP contribution in [-0.2, 0) is 16.0 Å². The van der Waals surface area contributed by atoms with Gasteiger partial charge in [0.15, 0.2) is 0 Å². The summed E-state index contributed by atoms with van der Waals surface area (Å²) in [7, 11) is 1.18. The fourth-order valence-electron chi connectivity index (χ4n) is 2.93. The third-order valence-electron chi connectivity index (χ3n) is 4.58. The van der Waals surface area contributed by atoms with Crippen LogP contribution >= 0.6 is 0 Å². The van der Waals surface area contributed by atoms with E-state index in [0.29, 0.717) is 5.56 Å². The molecule has 1 atom stereocenters. The van der Waals surface area contributed by atoms with Gasteiger partial charge in [-0.15, -0.1) is 0 Å². The van der Waals surface area contributed by atoms with Crippen molar-refractivity contribution in [2.45, 2.75) is 12.5 Å². The highest BCUT2D eigenvalue weighted by Crippen LogP contribution is 2.17. The van der Waals surface area contributed by atoms with Gasteiger partial charge in [-0.25, -0.2) is 18.4 Å². The van der Waals surface area contributed by atoms with E-state index in [1.165, 1.54) is 55.6 Å². The van der Waals surface area contributed by atoms with Crippen LogP contribution in [0.15, 0.2) is 72.8 Å². The van der Waals surface area contributed by atoms with Crippen molar-refractivity contribution in [1.82, 2.24) is 5.32 Å². The van der Waals surface area contributed by atoms with Crippen molar-refractivity contribution >= 4 is 17.8 Å². The number of hydrogen-bond donors (Lipinski definition) is 1. The largest absolute Gasteiger partial charge is 0.467 e. The lowest BCUT2D eigenvalue weighted by Gasteiger charge is -2.17. The summed E-state index contributed by atoms with van der Waals surface area (Å²) in [5.74, 6) is -3.54. The SMILES string of the molecule is COC(=O)[C@H](Cc1ccc(OC(=O)c2ccccc2F)cc1)NC(=O)c1ccccc1F. The van der Waals surface area contributed by atoms with Crippen molar-refractivity contribution in [3.63, 3.8) is 0 Å². The van der Waals surface area contributed by atoms with Crippen LogP contribution < -0.4 is 10.1 Å². The second kappa shape index (κ2) is 10.3. The highest BCUT2D eigenvalue weighted by Gasteiger charge is 2.24. The average Bonchev–Trinajstić information content (AvgIpc) is 2.79. The number of nitrogens with one attached hydrogen (secondary N) is 1. The van der Waals surface area contributed by atoms with Crippen molar-refractivity contribution in [3.8, 4) is 5.75 Å². The smallest absolute Gasteiger partial charge is 0.346 e. The Hall–Kier alpha value is -4.07. The molecule has 3 aromatic rings. The summed E-state index contributed by atoms with van der Waals surface area (Å²) in [4.78, 5) is 36.6. The molecule has 164 valence electrons. The van der Waals surface area contributed by atoms with Gasteiger partial charge in [0.2, 0.25) is 0 Å². The van der Waals surface area contributed by atoms with Crippen LogP contribution in [-0.4, -0.2) is 31.0 Å². The number of ether oxygens (including phenoxy) is 2. The standard InChI is InChI=1S/C24H19F2NO5/c1-31-24(30)21(27-22(28)17-6-2-4-8-19(17)25)14-15-10-12-16(13-11-15)32-23(29)18-7-3-5-9-20(18)26/h2-13,21H,14H2,1H3,(H,27,28)/t21-/m0/s1. The second-order valence-corrected chi connectivity index (χ2v) is 6.75. The summed E-state index contributed by atoms with van der Waals surface area (Å²) in [5, 5.41) is 2.47. The van der Waals surface area contributed by atoms with Gasteiger partial charge in [-0.05, 0) is 42.0 Å². The van der Waals surface area contributed by atoms with Gasteiger partial charge >= 0.3 is 11.9 Å². The first kappa shape index (κ1) is 22.6. The molecule has 0 unspecified atom stereocenters. The maximum atomic E-state index is 13.9. The molecule has 0 saturated heterocycles. The fraction of sp³-hybridized carbons (Fsp3) is 0.125. The Kier molecular flexibility index (Phi) is 7.28. The lowest BCUT2D eigenvalue weighted by Crippen LogP contribution is -2.43. The van der Waals surface area contributed by atoms with Crippen molar-refractivity contribution < 1.29 is 32.6 Å². The van der Waals surface area contributed by atoms with Gasteiger partial charge in [-0.3, -0.25) is 4.79 Å². The van der Waals surface area contributed by atoms with Gasteiger partial charge in [-0.1, -0.05) is 36.4 Å². The fourth-order valence-corrected chi connectivity index (χ4v) is 2.93. The molecule has 32 heavy (non-hydrogen) atoms. The lowest BCUT2D eigenvalue weighted by atomic mass is 10.0. The van der Waals surface area contributed by atoms with Gasteiger partial charge < -0.3 is 14.8 Å². The van der Waals surface area contributed by atoms with Crippen LogP contribution in [0.5, 0.6) is 5.75 Å². The molecule has 8 heteroatoms. The number of amides is 1. The molecule has 0 aliphatic carbocycles. The number of esters is 2. The van der Waals surface area contributed by atoms with E-state index >= 15 is 0 Å². The minimum atomic E-state index is -1.07. The number of benzene rings is 3. The van der Waals surface area contributed by atoms with E-state index < -0.39 is 35.5 Å². The second-order valence-electron chi connectivity index (χ2n) is 6.75. The molecule has 0 aromatic heterocycles. The molecule has 0 fully saturated rings. The van der Waals surface area contributed by atoms with E-state index in [1.54, 1.807) is 12.1 Å². The predicted molar refractivity (Wildman–Crippen MR) is 111 cm³/mol. The van der Waals surface area contributed by atoms with Crippen LogP contribution in [0.4, 0.5) is 8.78 Å². The minimum Gasteiger partial charge on any atom is -0.467 e. The summed E-state index contributed by atoms with van der Waals surface area (Å²) in [6.07, 6.45) is 0.0500. The molecule has 0 heterocycles. The van der Waals surface area contributed by atoms with Gasteiger partial charge in [0.25, 0.3) is 5.91 Å². The highest BCUT2D eigenvalue weighted by atomic mass is 19.1. The molecule has 0 saturated carbocycles.